The normalized spacial score (nSPS) is 20.6. The smallest absolute Gasteiger partial charge is 0.310 e. The van der Waals surface area contributed by atoms with Gasteiger partial charge in [-0.05, 0) is 55.6 Å². The summed E-state index contributed by atoms with van der Waals surface area (Å²) in [5, 5.41) is 9.43. The average molecular weight is 339 g/mol. The van der Waals surface area contributed by atoms with Gasteiger partial charge in [0.15, 0.2) is 0 Å². The van der Waals surface area contributed by atoms with Crippen LogP contribution >= 0.6 is 0 Å². The van der Waals surface area contributed by atoms with Crippen LogP contribution in [0.3, 0.4) is 0 Å². The molecule has 0 saturated carbocycles. The Kier molecular flexibility index (Phi) is 4.82. The summed E-state index contributed by atoms with van der Waals surface area (Å²) in [6.07, 6.45) is 0.683. The van der Waals surface area contributed by atoms with Crippen molar-refractivity contribution in [2.75, 3.05) is 20.2 Å². The van der Waals surface area contributed by atoms with Gasteiger partial charge in [-0.25, -0.2) is 0 Å². The number of nitrogens with zero attached hydrogens (tertiary/aromatic N) is 1. The molecule has 0 aliphatic carbocycles. The van der Waals surface area contributed by atoms with Gasteiger partial charge in [0.25, 0.3) is 0 Å². The molecule has 3 rings (SSSR count). The molecule has 4 nitrogen and oxygen atoms in total. The maximum atomic E-state index is 11.5. The zero-order valence-electron chi connectivity index (χ0n) is 15.1. The summed E-state index contributed by atoms with van der Waals surface area (Å²) in [4.78, 5) is 13.7. The fraction of sp³-hybridized carbons (Fsp3) is 0.381. The Morgan fingerprint density at radius 1 is 1.28 bits per heavy atom. The van der Waals surface area contributed by atoms with Gasteiger partial charge < -0.3 is 9.84 Å². The molecule has 0 aromatic heterocycles. The van der Waals surface area contributed by atoms with E-state index in [-0.39, 0.29) is 0 Å². The highest BCUT2D eigenvalue weighted by molar-refractivity contribution is 5.75. The molecule has 4 heteroatoms. The molecule has 2 aromatic rings. The number of aryl methyl sites for hydroxylation is 1. The minimum Gasteiger partial charge on any atom is -0.496 e. The highest BCUT2D eigenvalue weighted by atomic mass is 16.5. The third kappa shape index (κ3) is 3.54. The largest absolute Gasteiger partial charge is 0.496 e. The number of aliphatic carboxylic acids is 1. The van der Waals surface area contributed by atoms with E-state index < -0.39 is 11.4 Å². The van der Waals surface area contributed by atoms with Crippen molar-refractivity contribution in [1.29, 1.82) is 0 Å². The van der Waals surface area contributed by atoms with Crippen molar-refractivity contribution in [1.82, 2.24) is 4.90 Å². The Morgan fingerprint density at radius 2 is 2.04 bits per heavy atom. The van der Waals surface area contributed by atoms with Crippen molar-refractivity contribution in [3.8, 4) is 16.9 Å². The zero-order chi connectivity index (χ0) is 18.0. The van der Waals surface area contributed by atoms with Crippen LogP contribution in [0.1, 0.15) is 24.5 Å². The highest BCUT2D eigenvalue weighted by Crippen LogP contribution is 2.34. The summed E-state index contributed by atoms with van der Waals surface area (Å²) < 4.78 is 5.53. The molecule has 1 atom stereocenters. The maximum Gasteiger partial charge on any atom is 0.310 e. The average Bonchev–Trinajstić information content (AvgIpc) is 2.98. The molecule has 0 bridgehead atoms. The maximum absolute atomic E-state index is 11.5. The van der Waals surface area contributed by atoms with Gasteiger partial charge in [-0.1, -0.05) is 30.3 Å². The van der Waals surface area contributed by atoms with Crippen molar-refractivity contribution in [3.05, 3.63) is 53.6 Å². The van der Waals surface area contributed by atoms with Gasteiger partial charge in [0.2, 0.25) is 0 Å². The number of hydrogen-bond donors (Lipinski definition) is 1. The van der Waals surface area contributed by atoms with Gasteiger partial charge in [-0.15, -0.1) is 0 Å². The van der Waals surface area contributed by atoms with Crippen molar-refractivity contribution < 1.29 is 14.6 Å². The third-order valence-corrected chi connectivity index (χ3v) is 5.20. The van der Waals surface area contributed by atoms with Gasteiger partial charge in [-0.3, -0.25) is 9.69 Å². The summed E-state index contributed by atoms with van der Waals surface area (Å²) in [6, 6.07) is 14.6. The summed E-state index contributed by atoms with van der Waals surface area (Å²) in [6.45, 7) is 6.00. The molecule has 1 aliphatic rings. The van der Waals surface area contributed by atoms with Crippen LogP contribution < -0.4 is 4.74 Å². The molecular formula is C21H25NO3. The molecular weight excluding hydrogens is 314 g/mol. The topological polar surface area (TPSA) is 49.8 Å². The second kappa shape index (κ2) is 6.89. The Labute approximate surface area is 149 Å². The molecule has 1 unspecified atom stereocenters. The Balaban J connectivity index is 1.87. The van der Waals surface area contributed by atoms with Crippen LogP contribution in [0.5, 0.6) is 5.75 Å². The molecule has 0 spiro atoms. The standard InChI is InChI=1S/C21H25NO3/c1-15-6-4-5-7-18(15)16-8-9-19(25-3)17(12-16)13-22-11-10-21(2,14-22)20(23)24/h4-9,12H,10-11,13-14H2,1-3H3,(H,23,24). The minimum atomic E-state index is -0.712. The lowest BCUT2D eigenvalue weighted by atomic mass is 9.90. The first-order valence-electron chi connectivity index (χ1n) is 8.61. The zero-order valence-corrected chi connectivity index (χ0v) is 15.1. The SMILES string of the molecule is COc1ccc(-c2ccccc2C)cc1CN1CCC(C)(C(=O)O)C1. The van der Waals surface area contributed by atoms with E-state index in [9.17, 15) is 9.90 Å². The van der Waals surface area contributed by atoms with E-state index >= 15 is 0 Å². The fourth-order valence-corrected chi connectivity index (χ4v) is 3.57. The molecule has 1 aliphatic heterocycles. The molecule has 1 heterocycles. The van der Waals surface area contributed by atoms with E-state index in [2.05, 4.69) is 36.1 Å². The lowest BCUT2D eigenvalue weighted by molar-refractivity contribution is -0.147. The summed E-state index contributed by atoms with van der Waals surface area (Å²) in [5.74, 6) is 0.136. The van der Waals surface area contributed by atoms with Gasteiger partial charge in [-0.2, -0.15) is 0 Å². The van der Waals surface area contributed by atoms with Crippen LogP contribution in [0.15, 0.2) is 42.5 Å². The number of ether oxygens (including phenoxy) is 1. The number of rotatable bonds is 5. The Hall–Kier alpha value is -2.33. The third-order valence-electron chi connectivity index (χ3n) is 5.20. The van der Waals surface area contributed by atoms with E-state index in [1.807, 2.05) is 25.1 Å². The Morgan fingerprint density at radius 3 is 2.68 bits per heavy atom. The van der Waals surface area contributed by atoms with Crippen LogP contribution in [0.25, 0.3) is 11.1 Å². The van der Waals surface area contributed by atoms with E-state index in [4.69, 9.17) is 4.74 Å². The Bertz CT molecular complexity index is 786. The van der Waals surface area contributed by atoms with Crippen LogP contribution in [0, 0.1) is 12.3 Å². The fourth-order valence-electron chi connectivity index (χ4n) is 3.57. The highest BCUT2D eigenvalue weighted by Gasteiger charge is 2.40. The van der Waals surface area contributed by atoms with Crippen molar-refractivity contribution in [2.24, 2.45) is 5.41 Å². The number of carbonyl (C=O) groups is 1. The predicted molar refractivity (Wildman–Crippen MR) is 98.8 cm³/mol. The molecule has 1 saturated heterocycles. The van der Waals surface area contributed by atoms with E-state index in [1.54, 1.807) is 7.11 Å². The van der Waals surface area contributed by atoms with Gasteiger partial charge in [0.05, 0.1) is 12.5 Å². The minimum absolute atomic E-state index is 0.570. The number of carboxylic acids is 1. The monoisotopic (exact) mass is 339 g/mol. The molecule has 132 valence electrons. The van der Waals surface area contributed by atoms with Crippen molar-refractivity contribution in [3.63, 3.8) is 0 Å². The number of hydrogen-bond acceptors (Lipinski definition) is 3. The quantitative estimate of drug-likeness (QED) is 0.895. The summed E-state index contributed by atoms with van der Waals surface area (Å²) in [5.41, 5.74) is 4.05. The van der Waals surface area contributed by atoms with Crippen LogP contribution in [0.4, 0.5) is 0 Å². The molecule has 1 N–H and O–H groups in total. The first kappa shape index (κ1) is 17.5. The second-order valence-corrected chi connectivity index (χ2v) is 7.17. The molecule has 1 fully saturated rings. The van der Waals surface area contributed by atoms with Gasteiger partial charge in [0.1, 0.15) is 5.75 Å². The van der Waals surface area contributed by atoms with Crippen LogP contribution in [0.2, 0.25) is 0 Å². The van der Waals surface area contributed by atoms with Gasteiger partial charge >= 0.3 is 5.97 Å². The van der Waals surface area contributed by atoms with E-state index in [0.717, 1.165) is 23.4 Å². The second-order valence-electron chi connectivity index (χ2n) is 7.17. The first-order chi connectivity index (χ1) is 11.9. The predicted octanol–water partition coefficient (Wildman–Crippen LogP) is 3.97. The van der Waals surface area contributed by atoms with Crippen LogP contribution in [-0.4, -0.2) is 36.2 Å². The molecule has 0 radical (unpaired) electrons. The summed E-state index contributed by atoms with van der Waals surface area (Å²) >= 11 is 0. The lowest BCUT2D eigenvalue weighted by Gasteiger charge is -2.21. The van der Waals surface area contributed by atoms with E-state index in [0.29, 0.717) is 19.5 Å². The number of likely N-dealkylation sites (tertiary alicyclic amines) is 1. The van der Waals surface area contributed by atoms with E-state index in [1.165, 1.54) is 11.1 Å². The lowest BCUT2D eigenvalue weighted by Crippen LogP contribution is -2.31. The van der Waals surface area contributed by atoms with Gasteiger partial charge in [0, 0.05) is 18.7 Å². The van der Waals surface area contributed by atoms with Crippen molar-refractivity contribution in [2.45, 2.75) is 26.8 Å². The first-order valence-corrected chi connectivity index (χ1v) is 8.61. The number of methoxy groups -OCH3 is 1. The molecule has 25 heavy (non-hydrogen) atoms. The summed E-state index contributed by atoms with van der Waals surface area (Å²) in [7, 11) is 1.68. The molecule has 0 amide bonds. The number of carboxylic acid groups (broad SMARTS) is 1. The number of benzene rings is 2. The molecule has 2 aromatic carbocycles. The van der Waals surface area contributed by atoms with Crippen molar-refractivity contribution >= 4 is 5.97 Å². The van der Waals surface area contributed by atoms with Crippen LogP contribution in [-0.2, 0) is 11.3 Å².